The molecule has 0 radical (unpaired) electrons. The Morgan fingerprint density at radius 3 is 2.67 bits per heavy atom. The molecule has 0 aliphatic rings. The molecule has 0 saturated carbocycles. The van der Waals surface area contributed by atoms with Crippen molar-refractivity contribution in [3.63, 3.8) is 0 Å². The summed E-state index contributed by atoms with van der Waals surface area (Å²) < 4.78 is 9.34. The molecule has 4 aromatic rings. The van der Waals surface area contributed by atoms with E-state index in [1.165, 1.54) is 5.52 Å². The van der Waals surface area contributed by atoms with Crippen molar-refractivity contribution in [1.29, 1.82) is 0 Å². The van der Waals surface area contributed by atoms with Crippen LogP contribution >= 0.6 is 0 Å². The molecule has 0 saturated heterocycles. The zero-order valence-electron chi connectivity index (χ0n) is 19.5. The van der Waals surface area contributed by atoms with E-state index in [-0.39, 0.29) is 0 Å². The van der Waals surface area contributed by atoms with Crippen LogP contribution in [-0.2, 0) is 13.1 Å². The van der Waals surface area contributed by atoms with Gasteiger partial charge in [-0.3, -0.25) is 0 Å². The second kappa shape index (κ2) is 10.7. The Morgan fingerprint density at radius 1 is 1.06 bits per heavy atom. The van der Waals surface area contributed by atoms with Gasteiger partial charge < -0.3 is 19.9 Å². The highest BCUT2D eigenvalue weighted by Gasteiger charge is 2.07. The molecule has 0 aliphatic carbocycles. The smallest absolute Gasteiger partial charge is 0.191 e. The molecular formula is C25H31N7O. The van der Waals surface area contributed by atoms with Crippen molar-refractivity contribution in [2.75, 3.05) is 20.2 Å². The third kappa shape index (κ3) is 5.52. The Bertz CT molecular complexity index is 1210. The largest absolute Gasteiger partial charge is 0.497 e. The van der Waals surface area contributed by atoms with E-state index in [2.05, 4.69) is 57.3 Å². The molecule has 4 rings (SSSR count). The van der Waals surface area contributed by atoms with E-state index in [1.807, 2.05) is 47.3 Å². The first-order valence-electron chi connectivity index (χ1n) is 11.3. The van der Waals surface area contributed by atoms with E-state index < -0.39 is 0 Å². The number of ether oxygens (including phenoxy) is 1. The van der Waals surface area contributed by atoms with Gasteiger partial charge in [-0.15, -0.1) is 0 Å². The van der Waals surface area contributed by atoms with Crippen LogP contribution in [0.3, 0.4) is 0 Å². The van der Waals surface area contributed by atoms with E-state index in [1.54, 1.807) is 7.11 Å². The first-order chi connectivity index (χ1) is 16.2. The molecule has 2 heterocycles. The van der Waals surface area contributed by atoms with Crippen LogP contribution in [0.15, 0.2) is 65.8 Å². The van der Waals surface area contributed by atoms with Crippen molar-refractivity contribution >= 4 is 17.0 Å². The summed E-state index contributed by atoms with van der Waals surface area (Å²) in [6, 6.07) is 18.1. The molecule has 0 aliphatic heterocycles. The number of aromatic nitrogens is 4. The van der Waals surface area contributed by atoms with Crippen LogP contribution in [0.1, 0.15) is 24.9 Å². The molecule has 0 unspecified atom stereocenters. The summed E-state index contributed by atoms with van der Waals surface area (Å²) in [5.41, 5.74) is 4.12. The summed E-state index contributed by atoms with van der Waals surface area (Å²) in [7, 11) is 1.66. The average molecular weight is 446 g/mol. The van der Waals surface area contributed by atoms with Crippen LogP contribution in [-0.4, -0.2) is 45.5 Å². The predicted octanol–water partition coefficient (Wildman–Crippen LogP) is 3.68. The summed E-state index contributed by atoms with van der Waals surface area (Å²) in [6.07, 6.45) is 2.92. The predicted molar refractivity (Wildman–Crippen MR) is 132 cm³/mol. The maximum atomic E-state index is 5.22. The number of hydrogen-bond acceptors (Lipinski definition) is 4. The van der Waals surface area contributed by atoms with Gasteiger partial charge >= 0.3 is 0 Å². The maximum absolute atomic E-state index is 5.22. The van der Waals surface area contributed by atoms with Crippen molar-refractivity contribution < 1.29 is 4.74 Å². The molecule has 0 fully saturated rings. The molecule has 0 atom stereocenters. The van der Waals surface area contributed by atoms with Gasteiger partial charge in [0.05, 0.1) is 36.1 Å². The Kier molecular flexibility index (Phi) is 7.24. The first kappa shape index (κ1) is 22.4. The lowest BCUT2D eigenvalue weighted by molar-refractivity contribution is 0.414. The molecule has 172 valence electrons. The minimum absolute atomic E-state index is 0.504. The third-order valence-electron chi connectivity index (χ3n) is 5.42. The normalized spacial score (nSPS) is 11.7. The Hall–Kier alpha value is -3.81. The van der Waals surface area contributed by atoms with Crippen LogP contribution < -0.4 is 15.4 Å². The summed E-state index contributed by atoms with van der Waals surface area (Å²) in [4.78, 5) is 9.34. The minimum Gasteiger partial charge on any atom is -0.497 e. The zero-order valence-corrected chi connectivity index (χ0v) is 19.5. The monoisotopic (exact) mass is 445 g/mol. The van der Waals surface area contributed by atoms with Gasteiger partial charge in [0.1, 0.15) is 11.6 Å². The topological polar surface area (TPSA) is 81.3 Å². The third-order valence-corrected chi connectivity index (χ3v) is 5.42. The van der Waals surface area contributed by atoms with Crippen LogP contribution in [0.5, 0.6) is 5.75 Å². The molecule has 2 N–H and O–H groups in total. The molecule has 0 bridgehead atoms. The first-order valence-corrected chi connectivity index (χ1v) is 11.3. The number of rotatable bonds is 9. The Labute approximate surface area is 194 Å². The molecule has 2 aromatic carbocycles. The molecular weight excluding hydrogens is 414 g/mol. The van der Waals surface area contributed by atoms with E-state index in [0.29, 0.717) is 6.54 Å². The number of para-hydroxylation sites is 2. The highest BCUT2D eigenvalue weighted by atomic mass is 16.5. The van der Waals surface area contributed by atoms with Crippen LogP contribution in [0.2, 0.25) is 0 Å². The number of imidazole rings is 1. The van der Waals surface area contributed by atoms with Crippen molar-refractivity contribution in [1.82, 2.24) is 30.0 Å². The van der Waals surface area contributed by atoms with Gasteiger partial charge in [0.15, 0.2) is 5.96 Å². The summed E-state index contributed by atoms with van der Waals surface area (Å²) in [5, 5.41) is 11.4. The summed E-state index contributed by atoms with van der Waals surface area (Å²) >= 11 is 0. The number of hydrogen-bond donors (Lipinski definition) is 2. The molecule has 8 heteroatoms. The molecule has 8 nitrogen and oxygen atoms in total. The fourth-order valence-corrected chi connectivity index (χ4v) is 3.75. The zero-order chi connectivity index (χ0) is 23.0. The average Bonchev–Trinajstić information content (AvgIpc) is 3.44. The van der Waals surface area contributed by atoms with E-state index in [0.717, 1.165) is 60.5 Å². The summed E-state index contributed by atoms with van der Waals surface area (Å²) in [6.45, 7) is 7.16. The van der Waals surface area contributed by atoms with Gasteiger partial charge in [-0.2, -0.15) is 5.10 Å². The van der Waals surface area contributed by atoms with E-state index in [4.69, 9.17) is 9.73 Å². The van der Waals surface area contributed by atoms with E-state index >= 15 is 0 Å². The summed E-state index contributed by atoms with van der Waals surface area (Å²) in [5.74, 6) is 2.67. The number of aryl methyl sites for hydroxylation is 2. The molecule has 0 spiro atoms. The fourth-order valence-electron chi connectivity index (χ4n) is 3.75. The number of nitrogens with one attached hydrogen (secondary N) is 2. The molecule has 2 aromatic heterocycles. The molecule has 33 heavy (non-hydrogen) atoms. The van der Waals surface area contributed by atoms with Crippen LogP contribution in [0.25, 0.3) is 16.7 Å². The SMILES string of the molecule is CCNC(=NCc1ccn(-c2ccc(OC)cc2)n1)NCCCn1c(C)nc2ccccc21. The standard InChI is InChI=1S/C25H31N7O/c1-4-26-25(27-15-7-16-31-19(2)29-23-8-5-6-9-24(23)31)28-18-20-14-17-32(30-20)21-10-12-22(33-3)13-11-21/h5-6,8-14,17H,4,7,15-16,18H2,1-3H3,(H2,26,27,28). The Morgan fingerprint density at radius 2 is 1.88 bits per heavy atom. The van der Waals surface area contributed by atoms with Crippen LogP contribution in [0.4, 0.5) is 0 Å². The fraction of sp³-hybridized carbons (Fsp3) is 0.320. The number of benzene rings is 2. The Balaban J connectivity index is 1.32. The van der Waals surface area contributed by atoms with Gasteiger partial charge in [-0.1, -0.05) is 12.1 Å². The minimum atomic E-state index is 0.504. The van der Waals surface area contributed by atoms with Crippen molar-refractivity contribution in [3.05, 3.63) is 72.3 Å². The lowest BCUT2D eigenvalue weighted by Crippen LogP contribution is -2.38. The quantitative estimate of drug-likeness (QED) is 0.233. The lowest BCUT2D eigenvalue weighted by Gasteiger charge is -2.12. The van der Waals surface area contributed by atoms with Gasteiger partial charge in [0.25, 0.3) is 0 Å². The van der Waals surface area contributed by atoms with Crippen LogP contribution in [0, 0.1) is 6.92 Å². The van der Waals surface area contributed by atoms with Crippen molar-refractivity contribution in [2.24, 2.45) is 4.99 Å². The van der Waals surface area contributed by atoms with Gasteiger partial charge in [-0.25, -0.2) is 14.7 Å². The second-order valence-corrected chi connectivity index (χ2v) is 7.72. The maximum Gasteiger partial charge on any atom is 0.191 e. The van der Waals surface area contributed by atoms with Gasteiger partial charge in [0.2, 0.25) is 0 Å². The van der Waals surface area contributed by atoms with Gasteiger partial charge in [0, 0.05) is 25.8 Å². The number of fused-ring (bicyclic) bond motifs is 1. The number of nitrogens with zero attached hydrogens (tertiary/aromatic N) is 5. The highest BCUT2D eigenvalue weighted by molar-refractivity contribution is 5.79. The van der Waals surface area contributed by atoms with Gasteiger partial charge in [-0.05, 0) is 62.7 Å². The van der Waals surface area contributed by atoms with Crippen molar-refractivity contribution in [2.45, 2.75) is 33.4 Å². The number of aliphatic imine (C=N–C) groups is 1. The number of methoxy groups -OCH3 is 1. The van der Waals surface area contributed by atoms with Crippen molar-refractivity contribution in [3.8, 4) is 11.4 Å². The lowest BCUT2D eigenvalue weighted by atomic mass is 10.3. The second-order valence-electron chi connectivity index (χ2n) is 7.72. The number of guanidine groups is 1. The highest BCUT2D eigenvalue weighted by Crippen LogP contribution is 2.16. The van der Waals surface area contributed by atoms with E-state index in [9.17, 15) is 0 Å². The molecule has 0 amide bonds.